The van der Waals surface area contributed by atoms with Gasteiger partial charge in [-0.15, -0.1) is 0 Å². The van der Waals surface area contributed by atoms with Crippen LogP contribution in [0.2, 0.25) is 0 Å². The fraction of sp³-hybridized carbons (Fsp3) is 0.333. The molecule has 0 N–H and O–H groups in total. The van der Waals surface area contributed by atoms with Gasteiger partial charge in [-0.3, -0.25) is 0 Å². The summed E-state index contributed by atoms with van der Waals surface area (Å²) in [5.41, 5.74) is -0.566. The van der Waals surface area contributed by atoms with Crippen LogP contribution in [0.15, 0.2) is 35.5 Å². The lowest BCUT2D eigenvalue weighted by atomic mass is 10.0. The van der Waals surface area contributed by atoms with E-state index in [0.717, 1.165) is 5.76 Å². The Morgan fingerprint density at radius 1 is 1.58 bits per heavy atom. The van der Waals surface area contributed by atoms with Gasteiger partial charge < -0.3 is 13.9 Å². The normalized spacial score (nSPS) is 29.0. The molecule has 0 aromatic carbocycles. The quantitative estimate of drug-likeness (QED) is 0.626. The van der Waals surface area contributed by atoms with Crippen molar-refractivity contribution >= 4 is 0 Å². The molecule has 1 aromatic heterocycles. The van der Waals surface area contributed by atoms with Gasteiger partial charge in [-0.25, -0.2) is 0 Å². The lowest BCUT2D eigenvalue weighted by Gasteiger charge is -2.18. The molecule has 0 radical (unpaired) electrons. The molecule has 1 fully saturated rings. The molecule has 1 aliphatic heterocycles. The van der Waals surface area contributed by atoms with Gasteiger partial charge in [0.05, 0.1) is 12.9 Å². The monoisotopic (exact) mass is 166 g/mol. The zero-order valence-corrected chi connectivity index (χ0v) is 6.66. The third-order valence-electron chi connectivity index (χ3n) is 1.98. The molecule has 2 rings (SSSR count). The van der Waals surface area contributed by atoms with Crippen LogP contribution >= 0.6 is 0 Å². The smallest absolute Gasteiger partial charge is 0.169 e. The summed E-state index contributed by atoms with van der Waals surface area (Å²) < 4.78 is 15.8. The molecule has 2 heterocycles. The molecular weight excluding hydrogens is 156 g/mol. The van der Waals surface area contributed by atoms with E-state index in [1.807, 2.05) is 12.1 Å². The van der Waals surface area contributed by atoms with Crippen LogP contribution in [0.3, 0.4) is 0 Å². The van der Waals surface area contributed by atoms with E-state index in [0.29, 0.717) is 13.4 Å². The maximum Gasteiger partial charge on any atom is 0.169 e. The van der Waals surface area contributed by atoms with Crippen molar-refractivity contribution in [3.63, 3.8) is 0 Å². The van der Waals surface area contributed by atoms with Crippen molar-refractivity contribution in [1.82, 2.24) is 0 Å². The Morgan fingerprint density at radius 2 is 2.50 bits per heavy atom. The third-order valence-corrected chi connectivity index (χ3v) is 1.98. The van der Waals surface area contributed by atoms with E-state index in [-0.39, 0.29) is 0 Å². The van der Waals surface area contributed by atoms with E-state index in [9.17, 15) is 0 Å². The number of hydrogen-bond donors (Lipinski definition) is 0. The van der Waals surface area contributed by atoms with Gasteiger partial charge in [0.2, 0.25) is 0 Å². The van der Waals surface area contributed by atoms with Crippen LogP contribution in [0.25, 0.3) is 0 Å². The Labute approximate surface area is 70.6 Å². The van der Waals surface area contributed by atoms with Gasteiger partial charge in [0.1, 0.15) is 12.6 Å². The van der Waals surface area contributed by atoms with Gasteiger partial charge >= 0.3 is 0 Å². The van der Waals surface area contributed by atoms with Crippen molar-refractivity contribution in [2.75, 3.05) is 13.4 Å². The molecule has 0 unspecified atom stereocenters. The Balaban J connectivity index is 2.34. The van der Waals surface area contributed by atoms with Crippen LogP contribution in [-0.2, 0) is 15.1 Å². The van der Waals surface area contributed by atoms with Crippen molar-refractivity contribution in [3.8, 4) is 0 Å². The summed E-state index contributed by atoms with van der Waals surface area (Å²) in [5, 5.41) is 0. The second-order valence-corrected chi connectivity index (χ2v) is 2.68. The number of ether oxygens (including phenoxy) is 2. The van der Waals surface area contributed by atoms with Crippen LogP contribution in [0, 0.1) is 0 Å². The van der Waals surface area contributed by atoms with Gasteiger partial charge in [-0.1, -0.05) is 6.58 Å². The van der Waals surface area contributed by atoms with E-state index < -0.39 is 5.60 Å². The lowest BCUT2D eigenvalue weighted by Crippen LogP contribution is -2.24. The molecule has 0 spiro atoms. The maximum absolute atomic E-state index is 5.40. The molecule has 0 saturated carbocycles. The SMILES string of the molecule is C=C[C@@]1(c2ccco2)COCO1. The molecule has 0 amide bonds. The minimum absolute atomic E-state index is 0.298. The van der Waals surface area contributed by atoms with Gasteiger partial charge in [0.15, 0.2) is 5.60 Å². The molecular formula is C9H10O3. The highest BCUT2D eigenvalue weighted by molar-refractivity contribution is 5.17. The predicted molar refractivity (Wildman–Crippen MR) is 42.5 cm³/mol. The Bertz CT molecular complexity index is 257. The molecule has 3 nitrogen and oxygen atoms in total. The van der Waals surface area contributed by atoms with E-state index >= 15 is 0 Å². The molecule has 0 bridgehead atoms. The molecule has 0 aliphatic carbocycles. The Hall–Kier alpha value is -1.06. The first-order chi connectivity index (χ1) is 5.87. The van der Waals surface area contributed by atoms with Gasteiger partial charge in [-0.05, 0) is 18.2 Å². The minimum atomic E-state index is -0.566. The Morgan fingerprint density at radius 3 is 3.00 bits per heavy atom. The fourth-order valence-electron chi connectivity index (χ4n) is 1.26. The summed E-state index contributed by atoms with van der Waals surface area (Å²) in [6.07, 6.45) is 3.32. The van der Waals surface area contributed by atoms with E-state index in [2.05, 4.69) is 6.58 Å². The molecule has 1 saturated heterocycles. The highest BCUT2D eigenvalue weighted by atomic mass is 16.7. The van der Waals surface area contributed by atoms with Crippen molar-refractivity contribution in [2.45, 2.75) is 5.60 Å². The van der Waals surface area contributed by atoms with Crippen molar-refractivity contribution < 1.29 is 13.9 Å². The van der Waals surface area contributed by atoms with E-state index in [1.54, 1.807) is 12.3 Å². The van der Waals surface area contributed by atoms with Gasteiger partial charge in [0.25, 0.3) is 0 Å². The first kappa shape index (κ1) is 7.58. The molecule has 1 aromatic rings. The van der Waals surface area contributed by atoms with Crippen LogP contribution in [0.4, 0.5) is 0 Å². The van der Waals surface area contributed by atoms with Crippen LogP contribution < -0.4 is 0 Å². The maximum atomic E-state index is 5.40. The molecule has 1 aliphatic rings. The molecule has 64 valence electrons. The van der Waals surface area contributed by atoms with Crippen LogP contribution in [-0.4, -0.2) is 13.4 Å². The molecule has 1 atom stereocenters. The van der Waals surface area contributed by atoms with Gasteiger partial charge in [0, 0.05) is 0 Å². The summed E-state index contributed by atoms with van der Waals surface area (Å²) in [5.74, 6) is 0.745. The zero-order valence-electron chi connectivity index (χ0n) is 6.66. The first-order valence-electron chi connectivity index (χ1n) is 3.77. The van der Waals surface area contributed by atoms with Crippen molar-refractivity contribution in [2.24, 2.45) is 0 Å². The molecule has 12 heavy (non-hydrogen) atoms. The topological polar surface area (TPSA) is 31.6 Å². The fourth-order valence-corrected chi connectivity index (χ4v) is 1.26. The van der Waals surface area contributed by atoms with E-state index in [4.69, 9.17) is 13.9 Å². The highest BCUT2D eigenvalue weighted by Crippen LogP contribution is 2.31. The predicted octanol–water partition coefficient (Wildman–Crippen LogP) is 1.67. The number of hydrogen-bond acceptors (Lipinski definition) is 3. The van der Waals surface area contributed by atoms with Crippen molar-refractivity contribution in [1.29, 1.82) is 0 Å². The third kappa shape index (κ3) is 0.983. The standard InChI is InChI=1S/C9H10O3/c1-2-9(6-10-7-12-9)8-4-3-5-11-8/h2-5H,1,6-7H2/t9-/m0/s1. The van der Waals surface area contributed by atoms with Crippen LogP contribution in [0.5, 0.6) is 0 Å². The summed E-state index contributed by atoms with van der Waals surface area (Å²) in [6.45, 7) is 4.48. The summed E-state index contributed by atoms with van der Waals surface area (Å²) in [7, 11) is 0. The highest BCUT2D eigenvalue weighted by Gasteiger charge is 2.37. The van der Waals surface area contributed by atoms with Crippen molar-refractivity contribution in [3.05, 3.63) is 36.8 Å². The largest absolute Gasteiger partial charge is 0.466 e. The summed E-state index contributed by atoms with van der Waals surface area (Å²) in [4.78, 5) is 0. The minimum Gasteiger partial charge on any atom is -0.466 e. The first-order valence-corrected chi connectivity index (χ1v) is 3.77. The zero-order chi connectivity index (χ0) is 8.44. The summed E-state index contributed by atoms with van der Waals surface area (Å²) in [6, 6.07) is 3.68. The summed E-state index contributed by atoms with van der Waals surface area (Å²) >= 11 is 0. The lowest BCUT2D eigenvalue weighted by molar-refractivity contribution is 0.00520. The van der Waals surface area contributed by atoms with E-state index in [1.165, 1.54) is 0 Å². The number of furan rings is 1. The number of rotatable bonds is 2. The second-order valence-electron chi connectivity index (χ2n) is 2.68. The van der Waals surface area contributed by atoms with Crippen LogP contribution in [0.1, 0.15) is 5.76 Å². The Kier molecular flexibility index (Phi) is 1.75. The second kappa shape index (κ2) is 2.77. The molecule has 3 heteroatoms. The van der Waals surface area contributed by atoms with Gasteiger partial charge in [-0.2, -0.15) is 0 Å². The average Bonchev–Trinajstić information content (AvgIpc) is 2.76. The average molecular weight is 166 g/mol.